The summed E-state index contributed by atoms with van der Waals surface area (Å²) in [6.45, 7) is 2.06. The van der Waals surface area contributed by atoms with Gasteiger partial charge in [-0.25, -0.2) is 4.79 Å². The highest BCUT2D eigenvalue weighted by Gasteiger charge is 2.28. The molecule has 0 bridgehead atoms. The lowest BCUT2D eigenvalue weighted by Crippen LogP contribution is -2.46. The summed E-state index contributed by atoms with van der Waals surface area (Å²) in [5, 5.41) is 12.8. The Morgan fingerprint density at radius 3 is 2.59 bits per heavy atom. The third-order valence-corrected chi connectivity index (χ3v) is 4.63. The molecule has 1 saturated carbocycles. The number of ether oxygens (including phenoxy) is 1. The van der Waals surface area contributed by atoms with Gasteiger partial charge in [0.15, 0.2) is 0 Å². The third kappa shape index (κ3) is 3.71. The van der Waals surface area contributed by atoms with Crippen LogP contribution in [0.5, 0.6) is 5.75 Å². The van der Waals surface area contributed by atoms with Crippen LogP contribution in [0.4, 0.5) is 4.79 Å². The summed E-state index contributed by atoms with van der Waals surface area (Å²) in [6.07, 6.45) is 3.36. The average Bonchev–Trinajstić information content (AvgIpc) is 2.93. The molecule has 5 heteroatoms. The first-order valence-corrected chi connectivity index (χ1v) is 7.85. The number of aliphatic hydroxyl groups is 1. The van der Waals surface area contributed by atoms with Gasteiger partial charge < -0.3 is 20.1 Å². The van der Waals surface area contributed by atoms with Crippen LogP contribution in [0.25, 0.3) is 0 Å². The Kier molecular flexibility index (Phi) is 5.66. The van der Waals surface area contributed by atoms with Crippen molar-refractivity contribution in [3.8, 4) is 5.75 Å². The molecule has 0 spiro atoms. The molecule has 1 aromatic rings. The number of carbonyl (C=O) groups excluding carboxylic acids is 1. The molecule has 0 radical (unpaired) electrons. The molecular weight excluding hydrogens is 280 g/mol. The van der Waals surface area contributed by atoms with Gasteiger partial charge in [0.25, 0.3) is 0 Å². The zero-order chi connectivity index (χ0) is 16.1. The maximum atomic E-state index is 12.4. The Morgan fingerprint density at radius 2 is 2.09 bits per heavy atom. The summed E-state index contributed by atoms with van der Waals surface area (Å²) in [5.74, 6) is 1.28. The van der Waals surface area contributed by atoms with Gasteiger partial charge >= 0.3 is 6.03 Å². The summed E-state index contributed by atoms with van der Waals surface area (Å²) in [4.78, 5) is 14.0. The lowest BCUT2D eigenvalue weighted by molar-refractivity contribution is 0.146. The molecule has 0 aliphatic heterocycles. The Hall–Kier alpha value is -1.75. The normalized spacial score (nSPS) is 22.2. The number of hydrogen-bond donors (Lipinski definition) is 2. The van der Waals surface area contributed by atoms with E-state index in [2.05, 4.69) is 12.2 Å². The molecule has 3 unspecified atom stereocenters. The Bertz CT molecular complexity index is 489. The zero-order valence-electron chi connectivity index (χ0n) is 13.6. The highest BCUT2D eigenvalue weighted by Crippen LogP contribution is 2.26. The smallest absolute Gasteiger partial charge is 0.317 e. The highest BCUT2D eigenvalue weighted by molar-refractivity contribution is 5.75. The Labute approximate surface area is 132 Å². The van der Waals surface area contributed by atoms with E-state index < -0.39 is 0 Å². The van der Waals surface area contributed by atoms with Gasteiger partial charge in [-0.3, -0.25) is 0 Å². The fraction of sp³-hybridized carbons (Fsp3) is 0.588. The van der Waals surface area contributed by atoms with E-state index >= 15 is 0 Å². The summed E-state index contributed by atoms with van der Waals surface area (Å²) >= 11 is 0. The van der Waals surface area contributed by atoms with Crippen LogP contribution in [-0.2, 0) is 0 Å². The number of hydrogen-bond acceptors (Lipinski definition) is 3. The largest absolute Gasteiger partial charge is 0.497 e. The van der Waals surface area contributed by atoms with Gasteiger partial charge in [0.1, 0.15) is 5.75 Å². The predicted molar refractivity (Wildman–Crippen MR) is 85.9 cm³/mol. The number of aliphatic hydroxyl groups excluding tert-OH is 1. The van der Waals surface area contributed by atoms with Gasteiger partial charge in [0.2, 0.25) is 0 Å². The van der Waals surface area contributed by atoms with Crippen LogP contribution >= 0.6 is 0 Å². The van der Waals surface area contributed by atoms with Crippen LogP contribution < -0.4 is 10.1 Å². The molecule has 0 saturated heterocycles. The molecule has 2 rings (SSSR count). The number of likely N-dealkylation sites (N-methyl/N-ethyl adjacent to an activating group) is 1. The molecule has 2 amide bonds. The van der Waals surface area contributed by atoms with Crippen LogP contribution in [0.15, 0.2) is 24.3 Å². The number of amides is 2. The minimum atomic E-state index is -0.359. The molecule has 0 aromatic heterocycles. The van der Waals surface area contributed by atoms with Crippen molar-refractivity contribution in [2.75, 3.05) is 20.8 Å². The van der Waals surface area contributed by atoms with Crippen molar-refractivity contribution in [1.29, 1.82) is 0 Å². The fourth-order valence-electron chi connectivity index (χ4n) is 3.04. The van der Waals surface area contributed by atoms with Gasteiger partial charge in [-0.2, -0.15) is 0 Å². The van der Waals surface area contributed by atoms with E-state index in [1.54, 1.807) is 19.1 Å². The van der Waals surface area contributed by atoms with Crippen molar-refractivity contribution in [3.63, 3.8) is 0 Å². The van der Waals surface area contributed by atoms with E-state index in [0.717, 1.165) is 30.6 Å². The molecule has 1 aliphatic rings. The van der Waals surface area contributed by atoms with E-state index in [-0.39, 0.29) is 24.7 Å². The highest BCUT2D eigenvalue weighted by atomic mass is 16.5. The van der Waals surface area contributed by atoms with Crippen molar-refractivity contribution in [3.05, 3.63) is 29.8 Å². The number of nitrogens with zero attached hydrogens (tertiary/aromatic N) is 1. The topological polar surface area (TPSA) is 61.8 Å². The first-order chi connectivity index (χ1) is 10.6. The van der Waals surface area contributed by atoms with Gasteiger partial charge in [0, 0.05) is 13.1 Å². The predicted octanol–water partition coefficient (Wildman–Crippen LogP) is 2.56. The molecule has 122 valence electrons. The monoisotopic (exact) mass is 306 g/mol. The minimum Gasteiger partial charge on any atom is -0.497 e. The standard InChI is InChI=1S/C17H26N2O3/c1-12-5-4-6-15(12)18-17(21)19(2)16(11-20)13-7-9-14(22-3)10-8-13/h7-10,12,15-16,20H,4-6,11H2,1-3H3,(H,18,21). The number of nitrogens with one attached hydrogen (secondary N) is 1. The van der Waals surface area contributed by atoms with Crippen molar-refractivity contribution in [2.24, 2.45) is 5.92 Å². The molecule has 1 aliphatic carbocycles. The quantitative estimate of drug-likeness (QED) is 0.879. The lowest BCUT2D eigenvalue weighted by atomic mass is 10.1. The Balaban J connectivity index is 2.03. The van der Waals surface area contributed by atoms with E-state index in [1.165, 1.54) is 0 Å². The molecular formula is C17H26N2O3. The average molecular weight is 306 g/mol. The summed E-state index contributed by atoms with van der Waals surface area (Å²) in [5.41, 5.74) is 0.889. The van der Waals surface area contributed by atoms with Crippen LogP contribution in [0.2, 0.25) is 0 Å². The van der Waals surface area contributed by atoms with Crippen LogP contribution in [0, 0.1) is 5.92 Å². The third-order valence-electron chi connectivity index (χ3n) is 4.63. The SMILES string of the molecule is COc1ccc(C(CO)N(C)C(=O)NC2CCCC2C)cc1. The lowest BCUT2D eigenvalue weighted by Gasteiger charge is -2.29. The number of benzene rings is 1. The fourth-order valence-corrected chi connectivity index (χ4v) is 3.04. The maximum absolute atomic E-state index is 12.4. The van der Waals surface area contributed by atoms with Crippen LogP contribution in [-0.4, -0.2) is 42.8 Å². The number of carbonyl (C=O) groups is 1. The molecule has 1 fully saturated rings. The minimum absolute atomic E-state index is 0.115. The van der Waals surface area contributed by atoms with E-state index in [4.69, 9.17) is 4.74 Å². The molecule has 22 heavy (non-hydrogen) atoms. The van der Waals surface area contributed by atoms with E-state index in [0.29, 0.717) is 5.92 Å². The first-order valence-electron chi connectivity index (χ1n) is 7.85. The van der Waals surface area contributed by atoms with Crippen molar-refractivity contribution < 1.29 is 14.6 Å². The number of rotatable bonds is 5. The van der Waals surface area contributed by atoms with Crippen molar-refractivity contribution >= 4 is 6.03 Å². The first kappa shape index (κ1) is 16.6. The second kappa shape index (κ2) is 7.49. The second-order valence-corrected chi connectivity index (χ2v) is 6.05. The van der Waals surface area contributed by atoms with Gasteiger partial charge in [-0.05, 0) is 36.5 Å². The molecule has 3 atom stereocenters. The Morgan fingerprint density at radius 1 is 1.41 bits per heavy atom. The van der Waals surface area contributed by atoms with E-state index in [9.17, 15) is 9.90 Å². The van der Waals surface area contributed by atoms with Gasteiger partial charge in [-0.15, -0.1) is 0 Å². The molecule has 2 N–H and O–H groups in total. The number of urea groups is 1. The van der Waals surface area contributed by atoms with Crippen molar-refractivity contribution in [2.45, 2.75) is 38.3 Å². The second-order valence-electron chi connectivity index (χ2n) is 6.05. The van der Waals surface area contributed by atoms with Crippen molar-refractivity contribution in [1.82, 2.24) is 10.2 Å². The van der Waals surface area contributed by atoms with Crippen LogP contribution in [0.1, 0.15) is 37.8 Å². The summed E-state index contributed by atoms with van der Waals surface area (Å²) in [6, 6.07) is 7.18. The zero-order valence-corrected chi connectivity index (χ0v) is 13.6. The summed E-state index contributed by atoms with van der Waals surface area (Å²) in [7, 11) is 3.33. The van der Waals surface area contributed by atoms with Gasteiger partial charge in [0.05, 0.1) is 19.8 Å². The molecule has 5 nitrogen and oxygen atoms in total. The summed E-state index contributed by atoms with van der Waals surface area (Å²) < 4.78 is 5.14. The van der Waals surface area contributed by atoms with E-state index in [1.807, 2.05) is 24.3 Å². The number of methoxy groups -OCH3 is 1. The maximum Gasteiger partial charge on any atom is 0.317 e. The molecule has 0 heterocycles. The van der Waals surface area contributed by atoms with Gasteiger partial charge in [-0.1, -0.05) is 25.5 Å². The van der Waals surface area contributed by atoms with Crippen LogP contribution in [0.3, 0.4) is 0 Å². The molecule has 1 aromatic carbocycles.